The van der Waals surface area contributed by atoms with E-state index < -0.39 is 50.4 Å². The molecule has 0 radical (unpaired) electrons. The van der Waals surface area contributed by atoms with Gasteiger partial charge in [-0.1, -0.05) is 44.9 Å². The molecule has 1 fully saturated rings. The van der Waals surface area contributed by atoms with Gasteiger partial charge in [0.1, 0.15) is 42.0 Å². The van der Waals surface area contributed by atoms with E-state index in [1.54, 1.807) is 43.3 Å². The number of nitrogens with two attached hydrogens (primary N) is 1. The Labute approximate surface area is 238 Å². The van der Waals surface area contributed by atoms with E-state index >= 15 is 0 Å². The molecule has 7 atom stereocenters. The zero-order valence-electron chi connectivity index (χ0n) is 23.2. The van der Waals surface area contributed by atoms with Crippen molar-refractivity contribution >= 4 is 19.1 Å². The number of benzene rings is 1. The Morgan fingerprint density at radius 2 is 1.95 bits per heavy atom. The summed E-state index contributed by atoms with van der Waals surface area (Å²) in [5, 5.41) is 49.8. The summed E-state index contributed by atoms with van der Waals surface area (Å²) >= 11 is 0. The van der Waals surface area contributed by atoms with Crippen LogP contribution in [-0.2, 0) is 19.4 Å². The number of aliphatic hydroxyl groups is 3. The van der Waals surface area contributed by atoms with E-state index in [0.717, 1.165) is 12.8 Å². The number of aromatic nitrogens is 3. The number of para-hydroxylation sites is 1. The van der Waals surface area contributed by atoms with Crippen molar-refractivity contribution in [1.82, 2.24) is 19.7 Å². The Balaban J connectivity index is 1.55. The molecule has 0 bridgehead atoms. The maximum absolute atomic E-state index is 14.0. The number of nitrogens with one attached hydrogen (secondary N) is 1. The molecule has 222 valence electrons. The maximum atomic E-state index is 14.0. The van der Waals surface area contributed by atoms with Crippen LogP contribution >= 0.6 is 7.75 Å². The molecule has 0 aliphatic carbocycles. The predicted molar refractivity (Wildman–Crippen MR) is 149 cm³/mol. The summed E-state index contributed by atoms with van der Waals surface area (Å²) in [6.45, 7) is 5.25. The van der Waals surface area contributed by atoms with Gasteiger partial charge in [-0.2, -0.15) is 10.4 Å². The topological polar surface area (TPSA) is 197 Å². The average molecular weight is 589 g/mol. The lowest BCUT2D eigenvalue weighted by atomic mass is 9.92. The van der Waals surface area contributed by atoms with E-state index in [0.29, 0.717) is 11.9 Å². The van der Waals surface area contributed by atoms with Gasteiger partial charge in [0.2, 0.25) is 5.60 Å². The standard InChI is InChI=1S/C27H37N6O7P/c1-4-18(5-2)13-21(34)17(3)32-41(37,40-19-9-7-6-8-10-19)38-14-22-24(35)25(36)27(15-28,39-22)23-12-11-20-26(29)30-16-31-33(20)23/h6-12,16-18,21-22,24-25,34-36H,4-5,13-14H2,1-3H3,(H,32,37)(H2,29,30,31)/t17?,21?,22-,24-,25-,27+,41+/m1/s1. The van der Waals surface area contributed by atoms with E-state index in [9.17, 15) is 25.1 Å². The first-order chi connectivity index (χ1) is 19.6. The normalized spacial score (nSPS) is 25.6. The van der Waals surface area contributed by atoms with Gasteiger partial charge in [0.15, 0.2) is 5.82 Å². The van der Waals surface area contributed by atoms with Crippen LogP contribution in [0.4, 0.5) is 5.82 Å². The van der Waals surface area contributed by atoms with Crippen molar-refractivity contribution in [3.63, 3.8) is 0 Å². The van der Waals surface area contributed by atoms with E-state index in [4.69, 9.17) is 19.5 Å². The van der Waals surface area contributed by atoms with E-state index in [1.807, 2.05) is 19.9 Å². The number of aliphatic hydroxyl groups excluding tert-OH is 3. The van der Waals surface area contributed by atoms with Crippen LogP contribution in [0.5, 0.6) is 5.75 Å². The van der Waals surface area contributed by atoms with Gasteiger partial charge >= 0.3 is 7.75 Å². The van der Waals surface area contributed by atoms with Gasteiger partial charge < -0.3 is 30.3 Å². The smallest absolute Gasteiger partial charge is 0.413 e. The van der Waals surface area contributed by atoms with Gasteiger partial charge in [-0.15, -0.1) is 0 Å². The molecule has 2 aromatic heterocycles. The van der Waals surface area contributed by atoms with Crippen LogP contribution in [0.1, 0.15) is 45.7 Å². The number of rotatable bonds is 13. The van der Waals surface area contributed by atoms with Crippen molar-refractivity contribution in [3.8, 4) is 11.8 Å². The zero-order valence-corrected chi connectivity index (χ0v) is 24.1. The van der Waals surface area contributed by atoms with Gasteiger partial charge in [-0.25, -0.2) is 19.2 Å². The highest BCUT2D eigenvalue weighted by Gasteiger charge is 2.58. The molecule has 3 aromatic rings. The molecule has 1 aliphatic rings. The third-order valence-corrected chi connectivity index (χ3v) is 9.20. The van der Waals surface area contributed by atoms with E-state index in [-0.39, 0.29) is 23.2 Å². The maximum Gasteiger partial charge on any atom is 0.459 e. The van der Waals surface area contributed by atoms with Gasteiger partial charge in [-0.3, -0.25) is 4.52 Å². The lowest BCUT2D eigenvalue weighted by Crippen LogP contribution is -2.41. The third kappa shape index (κ3) is 6.39. The summed E-state index contributed by atoms with van der Waals surface area (Å²) in [7, 11) is -4.17. The largest absolute Gasteiger partial charge is 0.459 e. The second kappa shape index (κ2) is 12.8. The van der Waals surface area contributed by atoms with Crippen molar-refractivity contribution < 1.29 is 33.7 Å². The van der Waals surface area contributed by atoms with Crippen molar-refractivity contribution in [1.29, 1.82) is 5.26 Å². The SMILES string of the molecule is CCC(CC)CC(O)C(C)N[P@](=O)(OC[C@H]1O[C@@](C#N)(c2ccc3c(N)ncnn23)[C@H](O)[C@@H]1O)Oc1ccccc1. The summed E-state index contributed by atoms with van der Waals surface area (Å²) in [5.41, 5.74) is 4.37. The average Bonchev–Trinajstić information content (AvgIpc) is 3.51. The quantitative estimate of drug-likeness (QED) is 0.183. The van der Waals surface area contributed by atoms with Crippen LogP contribution in [-0.4, -0.2) is 67.0 Å². The summed E-state index contributed by atoms with van der Waals surface area (Å²) < 4.78 is 32.7. The minimum absolute atomic E-state index is 0.123. The zero-order chi connectivity index (χ0) is 29.8. The number of fused-ring (bicyclic) bond motifs is 1. The highest BCUT2D eigenvalue weighted by atomic mass is 31.2. The Kier molecular flexibility index (Phi) is 9.66. The number of nitrogen functional groups attached to an aromatic ring is 1. The molecule has 14 heteroatoms. The van der Waals surface area contributed by atoms with Crippen LogP contribution in [0.2, 0.25) is 0 Å². The molecule has 2 unspecified atom stereocenters. The second-order valence-corrected chi connectivity index (χ2v) is 11.9. The molecule has 0 amide bonds. The molecular formula is C27H37N6O7P. The van der Waals surface area contributed by atoms with Gasteiger partial charge in [0.05, 0.1) is 18.4 Å². The van der Waals surface area contributed by atoms with Crippen LogP contribution in [0, 0.1) is 17.2 Å². The monoisotopic (exact) mass is 588 g/mol. The third-order valence-electron chi connectivity index (χ3n) is 7.53. The molecule has 13 nitrogen and oxygen atoms in total. The molecule has 1 saturated heterocycles. The molecule has 41 heavy (non-hydrogen) atoms. The van der Waals surface area contributed by atoms with Crippen molar-refractivity contribution in [2.24, 2.45) is 5.92 Å². The first-order valence-electron chi connectivity index (χ1n) is 13.6. The van der Waals surface area contributed by atoms with Crippen LogP contribution in [0.3, 0.4) is 0 Å². The molecule has 1 aromatic carbocycles. The fraction of sp³-hybridized carbons (Fsp3) is 0.519. The first-order valence-corrected chi connectivity index (χ1v) is 15.1. The highest BCUT2D eigenvalue weighted by Crippen LogP contribution is 2.47. The fourth-order valence-corrected chi connectivity index (χ4v) is 6.53. The van der Waals surface area contributed by atoms with Crippen LogP contribution < -0.4 is 15.3 Å². The van der Waals surface area contributed by atoms with E-state index in [1.165, 1.54) is 16.9 Å². The molecular weight excluding hydrogens is 551 g/mol. The molecule has 6 N–H and O–H groups in total. The minimum Gasteiger partial charge on any atom is -0.413 e. The Morgan fingerprint density at radius 3 is 2.61 bits per heavy atom. The number of hydrogen-bond acceptors (Lipinski definition) is 11. The highest BCUT2D eigenvalue weighted by molar-refractivity contribution is 7.52. The first kappa shape index (κ1) is 30.9. The number of nitriles is 1. The Bertz CT molecular complexity index is 1400. The molecule has 3 heterocycles. The summed E-state index contributed by atoms with van der Waals surface area (Å²) in [6, 6.07) is 12.7. The summed E-state index contributed by atoms with van der Waals surface area (Å²) in [6.07, 6.45) is -1.96. The van der Waals surface area contributed by atoms with Crippen LogP contribution in [0.25, 0.3) is 5.52 Å². The number of hydrogen-bond donors (Lipinski definition) is 5. The lowest BCUT2D eigenvalue weighted by Gasteiger charge is -2.28. The Morgan fingerprint density at radius 1 is 1.24 bits per heavy atom. The van der Waals surface area contributed by atoms with Crippen LogP contribution in [0.15, 0.2) is 48.8 Å². The number of anilines is 1. The second-order valence-electron chi connectivity index (χ2n) is 10.2. The summed E-state index contributed by atoms with van der Waals surface area (Å²) in [4.78, 5) is 3.92. The minimum atomic E-state index is -4.17. The fourth-order valence-electron chi connectivity index (χ4n) is 4.94. The van der Waals surface area contributed by atoms with Crippen molar-refractivity contribution in [2.45, 2.75) is 76.1 Å². The van der Waals surface area contributed by atoms with Crippen molar-refractivity contribution in [2.75, 3.05) is 12.3 Å². The van der Waals surface area contributed by atoms with Gasteiger partial charge in [-0.05, 0) is 43.5 Å². The lowest BCUT2D eigenvalue weighted by molar-refractivity contribution is -0.0622. The van der Waals surface area contributed by atoms with Gasteiger partial charge in [0.25, 0.3) is 0 Å². The number of ether oxygens (including phenoxy) is 1. The van der Waals surface area contributed by atoms with Crippen molar-refractivity contribution in [3.05, 3.63) is 54.5 Å². The molecule has 0 spiro atoms. The molecule has 1 aliphatic heterocycles. The molecule has 4 rings (SSSR count). The predicted octanol–water partition coefficient (Wildman–Crippen LogP) is 2.52. The number of nitrogens with zero attached hydrogens (tertiary/aromatic N) is 4. The summed E-state index contributed by atoms with van der Waals surface area (Å²) in [5.74, 6) is 0.692. The van der Waals surface area contributed by atoms with Gasteiger partial charge in [0, 0.05) is 6.04 Å². The Hall–Kier alpha value is -3.08. The van der Waals surface area contributed by atoms with E-state index in [2.05, 4.69) is 15.2 Å². The molecule has 0 saturated carbocycles.